The van der Waals surface area contributed by atoms with Gasteiger partial charge in [0.2, 0.25) is 0 Å². The first-order chi connectivity index (χ1) is 8.47. The molecule has 1 atom stereocenters. The second-order valence-corrected chi connectivity index (χ2v) is 4.08. The Balaban J connectivity index is 2.60. The Morgan fingerprint density at radius 3 is 2.72 bits per heavy atom. The number of rotatable bonds is 7. The fourth-order valence-corrected chi connectivity index (χ4v) is 1.60. The lowest BCUT2D eigenvalue weighted by molar-refractivity contribution is -0.141. The van der Waals surface area contributed by atoms with Crippen LogP contribution in [0.5, 0.6) is 0 Å². The van der Waals surface area contributed by atoms with Gasteiger partial charge in [-0.3, -0.25) is 4.68 Å². The molecule has 0 aliphatic carbocycles. The van der Waals surface area contributed by atoms with Gasteiger partial charge in [-0.05, 0) is 25.5 Å². The van der Waals surface area contributed by atoms with Crippen LogP contribution in [0, 0.1) is 0 Å². The molecule has 0 aliphatic heterocycles. The van der Waals surface area contributed by atoms with Crippen LogP contribution in [0.15, 0.2) is 12.3 Å². The molecule has 1 heterocycles. The molecule has 18 heavy (non-hydrogen) atoms. The molecule has 0 aliphatic rings. The number of nitrogens with zero attached hydrogens (tertiary/aromatic N) is 2. The first-order valence-corrected chi connectivity index (χ1v) is 5.92. The third kappa shape index (κ3) is 4.66. The number of aliphatic hydroxyl groups excluding tert-OH is 1. The molecule has 0 amide bonds. The summed E-state index contributed by atoms with van der Waals surface area (Å²) in [5, 5.41) is 15.5. The van der Waals surface area contributed by atoms with E-state index in [1.54, 1.807) is 0 Å². The maximum absolute atomic E-state index is 12.4. The molecular weight excluding hydrogens is 247 g/mol. The SMILES string of the molecule is CCCNC(CCO)Cn1ccc(C(F)(F)F)n1. The van der Waals surface area contributed by atoms with Crippen LogP contribution in [0.25, 0.3) is 0 Å². The Morgan fingerprint density at radius 2 is 2.22 bits per heavy atom. The van der Waals surface area contributed by atoms with Gasteiger partial charge in [-0.15, -0.1) is 0 Å². The van der Waals surface area contributed by atoms with Crippen molar-refractivity contribution in [3.63, 3.8) is 0 Å². The molecule has 4 nitrogen and oxygen atoms in total. The lowest BCUT2D eigenvalue weighted by atomic mass is 10.2. The minimum absolute atomic E-state index is 0.00518. The minimum atomic E-state index is -4.41. The molecule has 0 saturated carbocycles. The zero-order chi connectivity index (χ0) is 13.6. The highest BCUT2D eigenvalue weighted by atomic mass is 19.4. The molecule has 1 aromatic rings. The number of aromatic nitrogens is 2. The van der Waals surface area contributed by atoms with Crippen molar-refractivity contribution < 1.29 is 18.3 Å². The quantitative estimate of drug-likeness (QED) is 0.788. The zero-order valence-electron chi connectivity index (χ0n) is 10.2. The monoisotopic (exact) mass is 265 g/mol. The van der Waals surface area contributed by atoms with Gasteiger partial charge in [0, 0.05) is 18.8 Å². The Labute approximate surface area is 104 Å². The molecule has 7 heteroatoms. The summed E-state index contributed by atoms with van der Waals surface area (Å²) in [6.45, 7) is 3.07. The summed E-state index contributed by atoms with van der Waals surface area (Å²) in [4.78, 5) is 0. The molecule has 2 N–H and O–H groups in total. The van der Waals surface area contributed by atoms with E-state index < -0.39 is 11.9 Å². The lowest BCUT2D eigenvalue weighted by Crippen LogP contribution is -2.35. The number of aliphatic hydroxyl groups is 1. The summed E-state index contributed by atoms with van der Waals surface area (Å²) in [5.74, 6) is 0. The van der Waals surface area contributed by atoms with E-state index in [2.05, 4.69) is 10.4 Å². The Bertz CT molecular complexity index is 352. The molecule has 0 spiro atoms. The predicted octanol–water partition coefficient (Wildman–Crippen LogP) is 1.65. The van der Waals surface area contributed by atoms with Gasteiger partial charge in [-0.1, -0.05) is 6.92 Å². The van der Waals surface area contributed by atoms with Crippen LogP contribution >= 0.6 is 0 Å². The van der Waals surface area contributed by atoms with Gasteiger partial charge < -0.3 is 10.4 Å². The molecule has 0 saturated heterocycles. The van der Waals surface area contributed by atoms with Gasteiger partial charge in [0.1, 0.15) is 0 Å². The summed E-state index contributed by atoms with van der Waals surface area (Å²) in [5.41, 5.74) is -0.888. The summed E-state index contributed by atoms with van der Waals surface area (Å²) in [6, 6.07) is 0.881. The van der Waals surface area contributed by atoms with E-state index in [0.29, 0.717) is 13.0 Å². The predicted molar refractivity (Wildman–Crippen MR) is 61.0 cm³/mol. The van der Waals surface area contributed by atoms with Crippen molar-refractivity contribution in [1.29, 1.82) is 0 Å². The maximum Gasteiger partial charge on any atom is 0.435 e. The van der Waals surface area contributed by atoms with Crippen LogP contribution in [0.3, 0.4) is 0 Å². The van der Waals surface area contributed by atoms with E-state index in [1.165, 1.54) is 10.9 Å². The van der Waals surface area contributed by atoms with E-state index in [9.17, 15) is 13.2 Å². The van der Waals surface area contributed by atoms with Gasteiger partial charge in [-0.2, -0.15) is 18.3 Å². The Morgan fingerprint density at radius 1 is 1.50 bits per heavy atom. The van der Waals surface area contributed by atoms with Crippen LogP contribution in [0.1, 0.15) is 25.5 Å². The van der Waals surface area contributed by atoms with Crippen LogP contribution in [-0.4, -0.2) is 34.1 Å². The fourth-order valence-electron chi connectivity index (χ4n) is 1.60. The standard InChI is InChI=1S/C11H18F3N3O/c1-2-5-15-9(4-7-18)8-17-6-3-10(16-17)11(12,13)14/h3,6,9,15,18H,2,4-5,7-8H2,1H3. The third-order valence-electron chi connectivity index (χ3n) is 2.50. The van der Waals surface area contributed by atoms with Crippen LogP contribution in [0.4, 0.5) is 13.2 Å². The number of hydrogen-bond donors (Lipinski definition) is 2. The zero-order valence-corrected chi connectivity index (χ0v) is 10.2. The van der Waals surface area contributed by atoms with E-state index in [1.807, 2.05) is 6.92 Å². The average molecular weight is 265 g/mol. The minimum Gasteiger partial charge on any atom is -0.396 e. The molecule has 104 valence electrons. The molecule has 1 aromatic heterocycles. The van der Waals surface area contributed by atoms with E-state index in [0.717, 1.165) is 19.0 Å². The largest absolute Gasteiger partial charge is 0.435 e. The molecule has 0 aromatic carbocycles. The summed E-state index contributed by atoms with van der Waals surface area (Å²) < 4.78 is 38.3. The maximum atomic E-state index is 12.4. The van der Waals surface area contributed by atoms with Gasteiger partial charge >= 0.3 is 6.18 Å². The van der Waals surface area contributed by atoms with Gasteiger partial charge in [-0.25, -0.2) is 0 Å². The fraction of sp³-hybridized carbons (Fsp3) is 0.727. The molecular formula is C11H18F3N3O. The average Bonchev–Trinajstić information content (AvgIpc) is 2.74. The molecule has 1 unspecified atom stereocenters. The summed E-state index contributed by atoms with van der Waals surface area (Å²) in [7, 11) is 0. The second kappa shape index (κ2) is 6.75. The van der Waals surface area contributed by atoms with Crippen molar-refractivity contribution in [3.05, 3.63) is 18.0 Å². The molecule has 0 fully saturated rings. The van der Waals surface area contributed by atoms with Gasteiger partial charge in [0.25, 0.3) is 0 Å². The van der Waals surface area contributed by atoms with E-state index in [4.69, 9.17) is 5.11 Å². The van der Waals surface area contributed by atoms with Gasteiger partial charge in [0.15, 0.2) is 5.69 Å². The third-order valence-corrected chi connectivity index (χ3v) is 2.50. The van der Waals surface area contributed by atoms with E-state index >= 15 is 0 Å². The highest BCUT2D eigenvalue weighted by molar-refractivity contribution is 5.03. The van der Waals surface area contributed by atoms with Crippen molar-refractivity contribution >= 4 is 0 Å². The molecule has 0 radical (unpaired) electrons. The number of hydrogen-bond acceptors (Lipinski definition) is 3. The van der Waals surface area contributed by atoms with Crippen LogP contribution < -0.4 is 5.32 Å². The topological polar surface area (TPSA) is 50.1 Å². The van der Waals surface area contributed by atoms with E-state index in [-0.39, 0.29) is 12.6 Å². The Hall–Kier alpha value is -1.08. The van der Waals surface area contributed by atoms with Crippen molar-refractivity contribution in [2.75, 3.05) is 13.2 Å². The number of nitrogens with one attached hydrogen (secondary N) is 1. The van der Waals surface area contributed by atoms with Crippen LogP contribution in [-0.2, 0) is 12.7 Å². The van der Waals surface area contributed by atoms with Crippen molar-refractivity contribution in [3.8, 4) is 0 Å². The van der Waals surface area contributed by atoms with Crippen molar-refractivity contribution in [2.24, 2.45) is 0 Å². The van der Waals surface area contributed by atoms with Crippen molar-refractivity contribution in [2.45, 2.75) is 38.5 Å². The normalized spacial score (nSPS) is 13.8. The highest BCUT2D eigenvalue weighted by Crippen LogP contribution is 2.27. The smallest absolute Gasteiger partial charge is 0.396 e. The lowest BCUT2D eigenvalue weighted by Gasteiger charge is -2.17. The van der Waals surface area contributed by atoms with Gasteiger partial charge in [0.05, 0.1) is 6.54 Å². The van der Waals surface area contributed by atoms with Crippen LogP contribution in [0.2, 0.25) is 0 Å². The first kappa shape index (κ1) is 15.0. The van der Waals surface area contributed by atoms with Crippen molar-refractivity contribution in [1.82, 2.24) is 15.1 Å². The second-order valence-electron chi connectivity index (χ2n) is 4.08. The molecule has 1 rings (SSSR count). The highest BCUT2D eigenvalue weighted by Gasteiger charge is 2.33. The Kier molecular flexibility index (Phi) is 5.61. The molecule has 0 bridgehead atoms. The number of halogens is 3. The number of alkyl halides is 3. The summed E-state index contributed by atoms with van der Waals surface area (Å²) >= 11 is 0. The first-order valence-electron chi connectivity index (χ1n) is 5.92. The summed E-state index contributed by atoms with van der Waals surface area (Å²) in [6.07, 6.45) is -1.69.